The van der Waals surface area contributed by atoms with E-state index in [1.807, 2.05) is 0 Å². The van der Waals surface area contributed by atoms with Crippen molar-refractivity contribution in [3.8, 4) is 0 Å². The van der Waals surface area contributed by atoms with Crippen LogP contribution in [-0.2, 0) is 26.2 Å². The maximum Gasteiger partial charge on any atom is 4.00 e. The molecule has 0 bridgehead atoms. The van der Waals surface area contributed by atoms with Crippen molar-refractivity contribution in [1.29, 1.82) is 0 Å². The minimum Gasteiger partial charge on any atom is -1.00 e. The minimum absolute atomic E-state index is 0. The zero-order valence-corrected chi connectivity index (χ0v) is 16.1. The van der Waals surface area contributed by atoms with E-state index in [4.69, 9.17) is 0 Å². The quantitative estimate of drug-likeness (QED) is 0.524. The SMILES string of the molecule is CCC1[C-]=CC(C)=C1.CCC1[C-]=CC(C)=C1.[Cl-].[Cl-].[Zr+4]. The molecule has 0 fully saturated rings. The van der Waals surface area contributed by atoms with Crippen molar-refractivity contribution in [3.05, 3.63) is 47.6 Å². The monoisotopic (exact) mass is 374 g/mol. The van der Waals surface area contributed by atoms with Crippen LogP contribution in [0.15, 0.2) is 35.5 Å². The number of hydrogen-bond donors (Lipinski definition) is 0. The Morgan fingerprint density at radius 1 is 0.842 bits per heavy atom. The second-order valence-electron chi connectivity index (χ2n) is 4.47. The van der Waals surface area contributed by atoms with E-state index in [9.17, 15) is 0 Å². The van der Waals surface area contributed by atoms with Crippen molar-refractivity contribution in [2.24, 2.45) is 11.8 Å². The van der Waals surface area contributed by atoms with Crippen molar-refractivity contribution >= 4 is 0 Å². The van der Waals surface area contributed by atoms with Crippen LogP contribution < -0.4 is 24.8 Å². The maximum absolute atomic E-state index is 3.24. The van der Waals surface area contributed by atoms with Crippen LogP contribution in [-0.4, -0.2) is 0 Å². The largest absolute Gasteiger partial charge is 4.00 e. The van der Waals surface area contributed by atoms with Gasteiger partial charge in [0.2, 0.25) is 0 Å². The van der Waals surface area contributed by atoms with Gasteiger partial charge in [-0.2, -0.15) is 12.2 Å². The summed E-state index contributed by atoms with van der Waals surface area (Å²) in [6.45, 7) is 8.59. The van der Waals surface area contributed by atoms with E-state index in [-0.39, 0.29) is 51.0 Å². The first kappa shape index (κ1) is 24.4. The van der Waals surface area contributed by atoms with E-state index in [0.717, 1.165) is 0 Å². The summed E-state index contributed by atoms with van der Waals surface area (Å²) >= 11 is 0. The zero-order chi connectivity index (χ0) is 12.0. The first-order chi connectivity index (χ1) is 7.65. The van der Waals surface area contributed by atoms with Gasteiger partial charge in [-0.25, -0.2) is 23.3 Å². The molecule has 0 saturated carbocycles. The van der Waals surface area contributed by atoms with Crippen LogP contribution in [0, 0.1) is 24.0 Å². The average Bonchev–Trinajstić information content (AvgIpc) is 2.88. The first-order valence-corrected chi connectivity index (χ1v) is 6.21. The van der Waals surface area contributed by atoms with Crippen molar-refractivity contribution in [3.63, 3.8) is 0 Å². The van der Waals surface area contributed by atoms with E-state index in [2.05, 4.69) is 64.2 Å². The van der Waals surface area contributed by atoms with Crippen LogP contribution in [0.5, 0.6) is 0 Å². The van der Waals surface area contributed by atoms with Crippen LogP contribution in [0.1, 0.15) is 40.5 Å². The normalized spacial score (nSPS) is 22.1. The zero-order valence-electron chi connectivity index (χ0n) is 12.1. The molecular weight excluding hydrogens is 354 g/mol. The number of hydrogen-bond acceptors (Lipinski definition) is 0. The van der Waals surface area contributed by atoms with E-state index in [1.165, 1.54) is 24.0 Å². The second-order valence-corrected chi connectivity index (χ2v) is 4.47. The van der Waals surface area contributed by atoms with Gasteiger partial charge >= 0.3 is 26.2 Å². The molecule has 0 heterocycles. The molecule has 2 rings (SSSR count). The predicted molar refractivity (Wildman–Crippen MR) is 70.7 cm³/mol. The van der Waals surface area contributed by atoms with Crippen molar-refractivity contribution in [2.75, 3.05) is 0 Å². The molecule has 0 aromatic heterocycles. The predicted octanol–water partition coefficient (Wildman–Crippen LogP) is -1.33. The Labute approximate surface area is 150 Å². The number of allylic oxidation sites excluding steroid dienone is 8. The molecule has 0 aromatic carbocycles. The van der Waals surface area contributed by atoms with Gasteiger partial charge in [0.05, 0.1) is 0 Å². The summed E-state index contributed by atoms with van der Waals surface area (Å²) in [7, 11) is 0. The Morgan fingerprint density at radius 3 is 1.26 bits per heavy atom. The van der Waals surface area contributed by atoms with Crippen LogP contribution >= 0.6 is 0 Å². The third kappa shape index (κ3) is 9.88. The number of halogens is 2. The summed E-state index contributed by atoms with van der Waals surface area (Å²) in [5, 5.41) is 0. The summed E-state index contributed by atoms with van der Waals surface area (Å²) in [6, 6.07) is 0. The number of rotatable bonds is 2. The van der Waals surface area contributed by atoms with E-state index < -0.39 is 0 Å². The molecular formula is C16H22Cl2Zr. The Kier molecular flexibility index (Phi) is 17.2. The fraction of sp³-hybridized carbons (Fsp3) is 0.500. The van der Waals surface area contributed by atoms with E-state index in [1.54, 1.807) is 0 Å². The molecule has 2 unspecified atom stereocenters. The third-order valence-corrected chi connectivity index (χ3v) is 2.86. The Bertz CT molecular complexity index is 307. The Morgan fingerprint density at radius 2 is 1.16 bits per heavy atom. The molecule has 2 aliphatic rings. The smallest absolute Gasteiger partial charge is 1.00 e. The van der Waals surface area contributed by atoms with Crippen LogP contribution in [0.2, 0.25) is 0 Å². The van der Waals surface area contributed by atoms with Crippen molar-refractivity contribution in [1.82, 2.24) is 0 Å². The van der Waals surface area contributed by atoms with Gasteiger partial charge < -0.3 is 24.8 Å². The van der Waals surface area contributed by atoms with Crippen molar-refractivity contribution < 1.29 is 51.0 Å². The third-order valence-electron chi connectivity index (χ3n) is 2.86. The molecule has 2 aliphatic carbocycles. The molecule has 0 radical (unpaired) electrons. The molecule has 0 saturated heterocycles. The van der Waals surface area contributed by atoms with Gasteiger partial charge in [0.1, 0.15) is 0 Å². The molecule has 0 amide bonds. The van der Waals surface area contributed by atoms with Gasteiger partial charge in [0.15, 0.2) is 0 Å². The van der Waals surface area contributed by atoms with Gasteiger partial charge in [-0.15, -0.1) is 13.8 Å². The first-order valence-electron chi connectivity index (χ1n) is 6.21. The summed E-state index contributed by atoms with van der Waals surface area (Å²) < 4.78 is 0. The van der Waals surface area contributed by atoms with Crippen LogP contribution in [0.3, 0.4) is 0 Å². The van der Waals surface area contributed by atoms with E-state index >= 15 is 0 Å². The summed E-state index contributed by atoms with van der Waals surface area (Å²) in [6.07, 6.45) is 17.5. The molecule has 0 nitrogen and oxygen atoms in total. The van der Waals surface area contributed by atoms with Crippen LogP contribution in [0.4, 0.5) is 0 Å². The van der Waals surface area contributed by atoms with E-state index in [0.29, 0.717) is 11.8 Å². The second kappa shape index (κ2) is 13.4. The van der Waals surface area contributed by atoms with Gasteiger partial charge in [-0.1, -0.05) is 38.5 Å². The molecule has 3 heteroatoms. The van der Waals surface area contributed by atoms with Gasteiger partial charge in [-0.05, 0) is 0 Å². The van der Waals surface area contributed by atoms with Gasteiger partial charge in [0.25, 0.3) is 0 Å². The minimum atomic E-state index is 0. The standard InChI is InChI=1S/2C8H11.2ClH.Zr/c2*1-3-8-5-4-7(2)6-8;;;/h2*4,6,8H,3H2,1-2H3;2*1H;/q2*-1;;;+4/p-2. The summed E-state index contributed by atoms with van der Waals surface area (Å²) in [5.74, 6) is 1.21. The molecule has 104 valence electrons. The molecule has 19 heavy (non-hydrogen) atoms. The molecule has 2 atom stereocenters. The molecule has 0 spiro atoms. The molecule has 0 aromatic rings. The fourth-order valence-corrected chi connectivity index (χ4v) is 1.78. The van der Waals surface area contributed by atoms with Crippen LogP contribution in [0.25, 0.3) is 0 Å². The van der Waals surface area contributed by atoms with Crippen molar-refractivity contribution in [2.45, 2.75) is 40.5 Å². The maximum atomic E-state index is 3.24. The fourth-order valence-electron chi connectivity index (χ4n) is 1.78. The van der Waals surface area contributed by atoms with Gasteiger partial charge in [0, 0.05) is 0 Å². The topological polar surface area (TPSA) is 0 Å². The van der Waals surface area contributed by atoms with Gasteiger partial charge in [-0.3, -0.25) is 12.2 Å². The average molecular weight is 376 g/mol. The molecule has 0 N–H and O–H groups in total. The Hall–Kier alpha value is 0.423. The summed E-state index contributed by atoms with van der Waals surface area (Å²) in [5.41, 5.74) is 2.72. The Balaban J connectivity index is -0.000000233. The summed E-state index contributed by atoms with van der Waals surface area (Å²) in [4.78, 5) is 0. The molecule has 0 aliphatic heterocycles.